The van der Waals surface area contributed by atoms with E-state index in [4.69, 9.17) is 4.42 Å². The fourth-order valence-corrected chi connectivity index (χ4v) is 1.44. The van der Waals surface area contributed by atoms with Crippen LogP contribution in [-0.2, 0) is 6.54 Å². The van der Waals surface area contributed by atoms with Crippen LogP contribution in [0.2, 0.25) is 0 Å². The van der Waals surface area contributed by atoms with Gasteiger partial charge in [-0.15, -0.1) is 0 Å². The number of rotatable bonds is 3. The van der Waals surface area contributed by atoms with Crippen LogP contribution in [0.15, 0.2) is 41.5 Å². The minimum atomic E-state index is -0.101. The van der Waals surface area contributed by atoms with Gasteiger partial charge in [-0.3, -0.25) is 4.57 Å². The minimum absolute atomic E-state index is 0.101. The molecule has 2 aromatic rings. The summed E-state index contributed by atoms with van der Waals surface area (Å²) in [5, 5.41) is 0. The molecule has 84 valence electrons. The van der Waals surface area contributed by atoms with E-state index in [2.05, 4.69) is 4.98 Å². The van der Waals surface area contributed by atoms with E-state index < -0.39 is 0 Å². The fraction of sp³-hybridized carbons (Fsp3) is 0.273. The molecule has 0 aromatic carbocycles. The van der Waals surface area contributed by atoms with E-state index in [0.29, 0.717) is 13.1 Å². The number of imidazole rings is 1. The molecule has 0 saturated heterocycles. The van der Waals surface area contributed by atoms with Crippen molar-refractivity contribution in [2.24, 2.45) is 0 Å². The van der Waals surface area contributed by atoms with Crippen molar-refractivity contribution in [1.29, 1.82) is 0 Å². The first-order valence-corrected chi connectivity index (χ1v) is 5.11. The lowest BCUT2D eigenvalue weighted by molar-refractivity contribution is 0.195. The Hall–Kier alpha value is -2.04. The van der Waals surface area contributed by atoms with Crippen molar-refractivity contribution in [2.75, 3.05) is 6.54 Å². The molecule has 2 heterocycles. The van der Waals surface area contributed by atoms with Crippen molar-refractivity contribution < 1.29 is 9.21 Å². The minimum Gasteiger partial charge on any atom is -0.467 e. The van der Waals surface area contributed by atoms with Gasteiger partial charge >= 0.3 is 6.03 Å². The molecule has 0 spiro atoms. The molecule has 0 aliphatic heterocycles. The molecule has 0 unspecified atom stereocenters. The largest absolute Gasteiger partial charge is 0.467 e. The maximum atomic E-state index is 12.0. The topological polar surface area (TPSA) is 51.3 Å². The van der Waals surface area contributed by atoms with Gasteiger partial charge in [0.15, 0.2) is 0 Å². The number of carbonyl (C=O) groups is 1. The Morgan fingerprint density at radius 1 is 1.62 bits per heavy atom. The first-order valence-electron chi connectivity index (χ1n) is 5.11. The maximum absolute atomic E-state index is 12.0. The van der Waals surface area contributed by atoms with Gasteiger partial charge in [0.05, 0.1) is 12.8 Å². The van der Waals surface area contributed by atoms with E-state index >= 15 is 0 Å². The van der Waals surface area contributed by atoms with E-state index in [0.717, 1.165) is 5.76 Å². The van der Waals surface area contributed by atoms with Crippen LogP contribution in [-0.4, -0.2) is 27.0 Å². The van der Waals surface area contributed by atoms with Gasteiger partial charge in [0.25, 0.3) is 0 Å². The van der Waals surface area contributed by atoms with Crippen molar-refractivity contribution in [3.05, 3.63) is 42.9 Å². The lowest BCUT2D eigenvalue weighted by atomic mass is 10.4. The van der Waals surface area contributed by atoms with Gasteiger partial charge in [0.2, 0.25) is 0 Å². The van der Waals surface area contributed by atoms with Crippen molar-refractivity contribution in [3.8, 4) is 0 Å². The summed E-state index contributed by atoms with van der Waals surface area (Å²) in [6.07, 6.45) is 6.31. The summed E-state index contributed by atoms with van der Waals surface area (Å²) >= 11 is 0. The molecule has 1 amide bonds. The molecule has 5 nitrogen and oxygen atoms in total. The quantitative estimate of drug-likeness (QED) is 0.793. The highest BCUT2D eigenvalue weighted by Crippen LogP contribution is 2.06. The summed E-state index contributed by atoms with van der Waals surface area (Å²) in [4.78, 5) is 17.5. The third-order valence-corrected chi connectivity index (χ3v) is 2.30. The van der Waals surface area contributed by atoms with Gasteiger partial charge in [-0.25, -0.2) is 9.78 Å². The second-order valence-electron chi connectivity index (χ2n) is 3.35. The van der Waals surface area contributed by atoms with E-state index in [1.807, 2.05) is 19.1 Å². The van der Waals surface area contributed by atoms with E-state index in [9.17, 15) is 4.79 Å². The summed E-state index contributed by atoms with van der Waals surface area (Å²) in [6, 6.07) is 3.56. The molecule has 0 bridgehead atoms. The molecule has 0 aliphatic carbocycles. The Labute approximate surface area is 93.3 Å². The number of amides is 1. The highest BCUT2D eigenvalue weighted by Gasteiger charge is 2.14. The Morgan fingerprint density at radius 3 is 3.06 bits per heavy atom. The van der Waals surface area contributed by atoms with Gasteiger partial charge < -0.3 is 9.32 Å². The van der Waals surface area contributed by atoms with Crippen molar-refractivity contribution in [3.63, 3.8) is 0 Å². The SMILES string of the molecule is CCN(Cc1ccco1)C(=O)n1ccnc1. The highest BCUT2D eigenvalue weighted by atomic mass is 16.3. The molecule has 0 radical (unpaired) electrons. The maximum Gasteiger partial charge on any atom is 0.329 e. The van der Waals surface area contributed by atoms with Crippen molar-refractivity contribution >= 4 is 6.03 Å². The number of furan rings is 1. The average molecular weight is 219 g/mol. The molecule has 0 aliphatic rings. The van der Waals surface area contributed by atoms with E-state index in [1.54, 1.807) is 23.6 Å². The average Bonchev–Trinajstić information content (AvgIpc) is 2.97. The van der Waals surface area contributed by atoms with E-state index in [1.165, 1.54) is 10.9 Å². The van der Waals surface area contributed by atoms with Crippen LogP contribution in [0.1, 0.15) is 12.7 Å². The fourth-order valence-electron chi connectivity index (χ4n) is 1.44. The molecule has 0 saturated carbocycles. The second kappa shape index (κ2) is 4.65. The molecule has 2 rings (SSSR count). The first-order chi connectivity index (χ1) is 7.81. The summed E-state index contributed by atoms with van der Waals surface area (Å²) in [7, 11) is 0. The van der Waals surface area contributed by atoms with Crippen LogP contribution in [0, 0.1) is 0 Å². The lowest BCUT2D eigenvalue weighted by Crippen LogP contribution is -2.33. The standard InChI is InChI=1S/C11H13N3O2/c1-2-13(8-10-4-3-7-16-10)11(15)14-6-5-12-9-14/h3-7,9H,2,8H2,1H3. The van der Waals surface area contributed by atoms with Gasteiger partial charge in [0.1, 0.15) is 12.1 Å². The summed E-state index contributed by atoms with van der Waals surface area (Å²) in [5.74, 6) is 0.773. The van der Waals surface area contributed by atoms with Gasteiger partial charge in [-0.05, 0) is 19.1 Å². The number of hydrogen-bond acceptors (Lipinski definition) is 3. The van der Waals surface area contributed by atoms with Crippen molar-refractivity contribution in [1.82, 2.24) is 14.5 Å². The van der Waals surface area contributed by atoms with E-state index in [-0.39, 0.29) is 6.03 Å². The number of hydrogen-bond donors (Lipinski definition) is 0. The van der Waals surface area contributed by atoms with Crippen LogP contribution in [0.3, 0.4) is 0 Å². The molecular formula is C11H13N3O2. The van der Waals surface area contributed by atoms with Crippen LogP contribution in [0.25, 0.3) is 0 Å². The highest BCUT2D eigenvalue weighted by molar-refractivity contribution is 5.76. The smallest absolute Gasteiger partial charge is 0.329 e. The molecule has 5 heteroatoms. The third-order valence-electron chi connectivity index (χ3n) is 2.30. The Kier molecular flexibility index (Phi) is 3.05. The second-order valence-corrected chi connectivity index (χ2v) is 3.35. The zero-order valence-electron chi connectivity index (χ0n) is 9.04. The van der Waals surface area contributed by atoms with Crippen LogP contribution < -0.4 is 0 Å². The van der Waals surface area contributed by atoms with Crippen LogP contribution in [0.4, 0.5) is 4.79 Å². The lowest BCUT2D eigenvalue weighted by Gasteiger charge is -2.19. The number of carbonyl (C=O) groups excluding carboxylic acids is 1. The van der Waals surface area contributed by atoms with Gasteiger partial charge in [-0.1, -0.05) is 0 Å². The monoisotopic (exact) mass is 219 g/mol. The Morgan fingerprint density at radius 2 is 2.50 bits per heavy atom. The van der Waals surface area contributed by atoms with Crippen LogP contribution >= 0.6 is 0 Å². The molecule has 0 fully saturated rings. The Bertz CT molecular complexity index is 434. The predicted octanol–water partition coefficient (Wildman–Crippen LogP) is 1.97. The molecule has 0 atom stereocenters. The normalized spacial score (nSPS) is 10.3. The summed E-state index contributed by atoms with van der Waals surface area (Å²) < 4.78 is 6.67. The number of aromatic nitrogens is 2. The zero-order valence-corrected chi connectivity index (χ0v) is 9.04. The van der Waals surface area contributed by atoms with Crippen molar-refractivity contribution in [2.45, 2.75) is 13.5 Å². The zero-order chi connectivity index (χ0) is 11.4. The third kappa shape index (κ3) is 2.13. The van der Waals surface area contributed by atoms with Crippen LogP contribution in [0.5, 0.6) is 0 Å². The summed E-state index contributed by atoms with van der Waals surface area (Å²) in [5.41, 5.74) is 0. The number of nitrogens with zero attached hydrogens (tertiary/aromatic N) is 3. The molecule has 16 heavy (non-hydrogen) atoms. The molecule has 2 aromatic heterocycles. The van der Waals surface area contributed by atoms with Gasteiger partial charge in [-0.2, -0.15) is 0 Å². The first kappa shape index (κ1) is 10.5. The summed E-state index contributed by atoms with van der Waals surface area (Å²) in [6.45, 7) is 3.02. The Balaban J connectivity index is 2.08. The molecular weight excluding hydrogens is 206 g/mol. The van der Waals surface area contributed by atoms with Gasteiger partial charge in [0, 0.05) is 18.9 Å². The predicted molar refractivity (Wildman–Crippen MR) is 57.8 cm³/mol. The molecule has 0 N–H and O–H groups in total.